The molecule has 0 atom stereocenters. The van der Waals surface area contributed by atoms with E-state index in [1.54, 1.807) is 0 Å². The van der Waals surface area contributed by atoms with Crippen LogP contribution in [0.15, 0.2) is 0 Å². The first-order valence-electron chi connectivity index (χ1n) is 12.4. The lowest BCUT2D eigenvalue weighted by atomic mass is 10.0. The minimum atomic E-state index is 0.597. The maximum atomic E-state index is 5.51. The molecule has 0 saturated carbocycles. The van der Waals surface area contributed by atoms with Crippen LogP contribution in [0.5, 0.6) is 0 Å². The predicted molar refractivity (Wildman–Crippen MR) is 125 cm³/mol. The molecule has 0 bridgehead atoms. The maximum absolute atomic E-state index is 5.51. The molecule has 0 aliphatic rings. The Kier molecular flexibility index (Phi) is 33.0. The minimum absolute atomic E-state index is 0.597. The second kappa shape index (κ2) is 30.6. The third kappa shape index (κ3) is 33.9. The summed E-state index contributed by atoms with van der Waals surface area (Å²) in [6, 6.07) is 0. The van der Waals surface area contributed by atoms with Crippen molar-refractivity contribution in [2.24, 2.45) is 17.2 Å². The van der Waals surface area contributed by atoms with Gasteiger partial charge in [-0.3, -0.25) is 0 Å². The van der Waals surface area contributed by atoms with Gasteiger partial charge in [-0.2, -0.15) is 0 Å². The average Bonchev–Trinajstić information content (AvgIpc) is 2.70. The topological polar surface area (TPSA) is 78.1 Å². The van der Waals surface area contributed by atoms with Gasteiger partial charge in [-0.25, -0.2) is 0 Å². The van der Waals surface area contributed by atoms with E-state index in [0.717, 1.165) is 6.54 Å². The molecule has 0 fully saturated rings. The smallest absolute Gasteiger partial charge is 0.00461 e. The van der Waals surface area contributed by atoms with Crippen molar-refractivity contribution >= 4 is 0 Å². The van der Waals surface area contributed by atoms with Crippen molar-refractivity contribution in [2.45, 2.75) is 135 Å². The van der Waals surface area contributed by atoms with Gasteiger partial charge < -0.3 is 17.2 Å². The Labute approximate surface area is 172 Å². The molecule has 0 heterocycles. The molecule has 166 valence electrons. The van der Waals surface area contributed by atoms with Gasteiger partial charge in [0.25, 0.3) is 0 Å². The molecule has 6 N–H and O–H groups in total. The highest BCUT2D eigenvalue weighted by atomic mass is 14.6. The van der Waals surface area contributed by atoms with Crippen LogP contribution >= 0.6 is 0 Å². The van der Waals surface area contributed by atoms with Gasteiger partial charge in [0.15, 0.2) is 0 Å². The molecule has 0 aromatic carbocycles. The molecule has 0 radical (unpaired) electrons. The van der Waals surface area contributed by atoms with Crippen molar-refractivity contribution in [1.82, 2.24) is 0 Å². The second-order valence-corrected chi connectivity index (χ2v) is 8.08. The maximum Gasteiger partial charge on any atom is 0.00461 e. The quantitative estimate of drug-likeness (QED) is 0.193. The molecule has 0 saturated heterocycles. The molecule has 0 aromatic rings. The Hall–Kier alpha value is -0.120. The van der Waals surface area contributed by atoms with Crippen LogP contribution < -0.4 is 17.2 Å². The SMILES string of the molecule is CCCCCCCCCCCCCCCCCCCCCCN.NCCN. The summed E-state index contributed by atoms with van der Waals surface area (Å²) in [5.41, 5.74) is 15.3. The number of hydrogen-bond donors (Lipinski definition) is 3. The van der Waals surface area contributed by atoms with Crippen LogP contribution in [-0.2, 0) is 0 Å². The normalized spacial score (nSPS) is 10.7. The van der Waals surface area contributed by atoms with Crippen molar-refractivity contribution < 1.29 is 0 Å². The van der Waals surface area contributed by atoms with Crippen molar-refractivity contribution in [1.29, 1.82) is 0 Å². The van der Waals surface area contributed by atoms with E-state index in [-0.39, 0.29) is 0 Å². The van der Waals surface area contributed by atoms with Crippen LogP contribution in [0.4, 0.5) is 0 Å². The van der Waals surface area contributed by atoms with Crippen molar-refractivity contribution in [3.05, 3.63) is 0 Å². The molecule has 0 spiro atoms. The van der Waals surface area contributed by atoms with Gasteiger partial charge in [-0.15, -0.1) is 0 Å². The molecule has 0 aromatic heterocycles. The molecular weight excluding hydrogens is 330 g/mol. The van der Waals surface area contributed by atoms with E-state index in [1.165, 1.54) is 128 Å². The van der Waals surface area contributed by atoms with E-state index in [4.69, 9.17) is 17.2 Å². The molecule has 0 aliphatic heterocycles. The van der Waals surface area contributed by atoms with Crippen molar-refractivity contribution in [3.63, 3.8) is 0 Å². The van der Waals surface area contributed by atoms with Gasteiger partial charge >= 0.3 is 0 Å². The van der Waals surface area contributed by atoms with Crippen LogP contribution in [0.1, 0.15) is 135 Å². The largest absolute Gasteiger partial charge is 0.330 e. The Balaban J connectivity index is 0. The van der Waals surface area contributed by atoms with E-state index >= 15 is 0 Å². The highest BCUT2D eigenvalue weighted by Crippen LogP contribution is 2.14. The van der Waals surface area contributed by atoms with Gasteiger partial charge in [-0.1, -0.05) is 129 Å². The number of nitrogens with two attached hydrogens (primary N) is 3. The summed E-state index contributed by atoms with van der Waals surface area (Å²) in [5, 5.41) is 0. The van der Waals surface area contributed by atoms with Gasteiger partial charge in [0.2, 0.25) is 0 Å². The van der Waals surface area contributed by atoms with Crippen molar-refractivity contribution in [2.75, 3.05) is 19.6 Å². The van der Waals surface area contributed by atoms with Crippen LogP contribution in [0.25, 0.3) is 0 Å². The molecule has 0 aliphatic carbocycles. The molecule has 27 heavy (non-hydrogen) atoms. The first-order chi connectivity index (χ1) is 13.3. The summed E-state index contributed by atoms with van der Waals surface area (Å²) in [5.74, 6) is 0. The molecule has 3 nitrogen and oxygen atoms in total. The number of rotatable bonds is 21. The van der Waals surface area contributed by atoms with E-state index in [2.05, 4.69) is 6.92 Å². The highest BCUT2D eigenvalue weighted by Gasteiger charge is 1.95. The molecule has 0 amide bonds. The van der Waals surface area contributed by atoms with Crippen molar-refractivity contribution in [3.8, 4) is 0 Å². The van der Waals surface area contributed by atoms with E-state index < -0.39 is 0 Å². The summed E-state index contributed by atoms with van der Waals surface area (Å²) >= 11 is 0. The lowest BCUT2D eigenvalue weighted by molar-refractivity contribution is 0.522. The number of hydrogen-bond acceptors (Lipinski definition) is 3. The lowest BCUT2D eigenvalue weighted by Crippen LogP contribution is -2.11. The number of unbranched alkanes of at least 4 members (excludes halogenated alkanes) is 19. The monoisotopic (exact) mass is 385 g/mol. The predicted octanol–water partition coefficient (Wildman–Crippen LogP) is 6.67. The third-order valence-corrected chi connectivity index (χ3v) is 5.22. The standard InChI is InChI=1S/C22H47N.C2H8N2/c1-2-3-4-5-6-7-8-9-10-11-12-13-14-15-16-17-18-19-20-21-22-23;3-1-2-4/h2-23H2,1H3;1-4H2. The fraction of sp³-hybridized carbons (Fsp3) is 1.00. The van der Waals surface area contributed by atoms with Crippen LogP contribution in [0.3, 0.4) is 0 Å². The third-order valence-electron chi connectivity index (χ3n) is 5.22. The summed E-state index contributed by atoms with van der Waals surface area (Å²) in [6.45, 7) is 4.36. The zero-order valence-electron chi connectivity index (χ0n) is 19.0. The molecular formula is C24H55N3. The van der Waals surface area contributed by atoms with Crippen LogP contribution in [0.2, 0.25) is 0 Å². The highest BCUT2D eigenvalue weighted by molar-refractivity contribution is 4.50. The van der Waals surface area contributed by atoms with Gasteiger partial charge in [0.1, 0.15) is 0 Å². The fourth-order valence-corrected chi connectivity index (χ4v) is 3.40. The molecule has 0 unspecified atom stereocenters. The first-order valence-corrected chi connectivity index (χ1v) is 12.4. The van der Waals surface area contributed by atoms with E-state index in [9.17, 15) is 0 Å². The molecule has 3 heteroatoms. The zero-order valence-corrected chi connectivity index (χ0v) is 19.0. The second-order valence-electron chi connectivity index (χ2n) is 8.08. The lowest BCUT2D eigenvalue weighted by Gasteiger charge is -2.04. The Morgan fingerprint density at radius 3 is 0.704 bits per heavy atom. The summed E-state index contributed by atoms with van der Waals surface area (Å²) in [6.07, 6.45) is 28.8. The summed E-state index contributed by atoms with van der Waals surface area (Å²) in [7, 11) is 0. The summed E-state index contributed by atoms with van der Waals surface area (Å²) in [4.78, 5) is 0. The van der Waals surface area contributed by atoms with E-state index in [1.807, 2.05) is 0 Å². The Morgan fingerprint density at radius 1 is 0.296 bits per heavy atom. The Bertz CT molecular complexity index is 200. The molecule has 0 rings (SSSR count). The van der Waals surface area contributed by atoms with Gasteiger partial charge in [-0.05, 0) is 13.0 Å². The van der Waals surface area contributed by atoms with Crippen LogP contribution in [-0.4, -0.2) is 19.6 Å². The van der Waals surface area contributed by atoms with Crippen LogP contribution in [0, 0.1) is 0 Å². The first kappa shape index (κ1) is 29.1. The minimum Gasteiger partial charge on any atom is -0.330 e. The average molecular weight is 386 g/mol. The summed E-state index contributed by atoms with van der Waals surface area (Å²) < 4.78 is 0. The van der Waals surface area contributed by atoms with Gasteiger partial charge in [0.05, 0.1) is 0 Å². The Morgan fingerprint density at radius 2 is 0.519 bits per heavy atom. The van der Waals surface area contributed by atoms with Gasteiger partial charge in [0, 0.05) is 13.1 Å². The van der Waals surface area contributed by atoms with E-state index in [0.29, 0.717) is 13.1 Å². The zero-order chi connectivity index (χ0) is 20.3. The fourth-order valence-electron chi connectivity index (χ4n) is 3.40.